The van der Waals surface area contributed by atoms with Gasteiger partial charge in [-0.25, -0.2) is 0 Å². The third-order valence-corrected chi connectivity index (χ3v) is 2.67. The van der Waals surface area contributed by atoms with Crippen molar-refractivity contribution < 1.29 is 9.47 Å². The molecule has 2 aromatic rings. The lowest BCUT2D eigenvalue weighted by molar-refractivity contribution is 0.218. The van der Waals surface area contributed by atoms with Crippen LogP contribution in [0.1, 0.15) is 0 Å². The Labute approximate surface area is 113 Å². The maximum Gasteiger partial charge on any atom is 0.142 e. The second kappa shape index (κ2) is 6.54. The molecule has 0 aromatic heterocycles. The van der Waals surface area contributed by atoms with Crippen LogP contribution >= 0.6 is 0 Å². The predicted octanol–water partition coefficient (Wildman–Crippen LogP) is 2.77. The van der Waals surface area contributed by atoms with Crippen LogP contribution < -0.4 is 20.5 Å². The average Bonchev–Trinajstić information content (AvgIpc) is 2.45. The fourth-order valence-corrected chi connectivity index (χ4v) is 1.71. The van der Waals surface area contributed by atoms with E-state index in [0.717, 1.165) is 11.4 Å². The standard InChI is InChI=1S/C15H18N2O2/c1-17-13-7-3-5-9-15(13)19-11-10-18-14-8-4-2-6-12(14)16/h2-9,17H,10-11,16H2,1H3. The Morgan fingerprint density at radius 2 is 1.47 bits per heavy atom. The molecule has 3 N–H and O–H groups in total. The number of hydrogen-bond donors (Lipinski definition) is 2. The number of hydrogen-bond acceptors (Lipinski definition) is 4. The first kappa shape index (κ1) is 13.1. The van der Waals surface area contributed by atoms with Gasteiger partial charge in [0.15, 0.2) is 0 Å². The highest BCUT2D eigenvalue weighted by Crippen LogP contribution is 2.23. The third kappa shape index (κ3) is 3.55. The Kier molecular flexibility index (Phi) is 4.50. The number of nitrogens with one attached hydrogen (secondary N) is 1. The van der Waals surface area contributed by atoms with Crippen LogP contribution in [0.4, 0.5) is 11.4 Å². The van der Waals surface area contributed by atoms with Gasteiger partial charge < -0.3 is 20.5 Å². The molecule has 0 aliphatic rings. The Morgan fingerprint density at radius 3 is 2.16 bits per heavy atom. The fraction of sp³-hybridized carbons (Fsp3) is 0.200. The van der Waals surface area contributed by atoms with E-state index in [4.69, 9.17) is 15.2 Å². The summed E-state index contributed by atoms with van der Waals surface area (Å²) in [5.74, 6) is 1.50. The minimum Gasteiger partial charge on any atom is -0.488 e. The number of nitrogens with two attached hydrogens (primary N) is 1. The first-order chi connectivity index (χ1) is 9.31. The molecule has 0 amide bonds. The van der Waals surface area contributed by atoms with Crippen LogP contribution in [0.25, 0.3) is 0 Å². The number of para-hydroxylation sites is 4. The molecule has 2 rings (SSSR count). The fourth-order valence-electron chi connectivity index (χ4n) is 1.71. The SMILES string of the molecule is CNc1ccccc1OCCOc1ccccc1N. The van der Waals surface area contributed by atoms with Gasteiger partial charge in [0.25, 0.3) is 0 Å². The smallest absolute Gasteiger partial charge is 0.142 e. The van der Waals surface area contributed by atoms with Crippen LogP contribution in [0, 0.1) is 0 Å². The second-order valence-corrected chi connectivity index (χ2v) is 3.98. The quantitative estimate of drug-likeness (QED) is 0.618. The maximum atomic E-state index is 5.78. The minimum absolute atomic E-state index is 0.451. The molecule has 19 heavy (non-hydrogen) atoms. The van der Waals surface area contributed by atoms with Gasteiger partial charge >= 0.3 is 0 Å². The van der Waals surface area contributed by atoms with Crippen molar-refractivity contribution in [1.29, 1.82) is 0 Å². The summed E-state index contributed by atoms with van der Waals surface area (Å²) in [5, 5.41) is 3.08. The van der Waals surface area contributed by atoms with E-state index in [2.05, 4.69) is 5.32 Å². The van der Waals surface area contributed by atoms with E-state index in [1.54, 1.807) is 0 Å². The number of nitrogen functional groups attached to an aromatic ring is 1. The summed E-state index contributed by atoms with van der Waals surface area (Å²) in [4.78, 5) is 0. The summed E-state index contributed by atoms with van der Waals surface area (Å²) in [7, 11) is 1.86. The molecule has 4 heteroatoms. The third-order valence-electron chi connectivity index (χ3n) is 2.67. The Bertz CT molecular complexity index is 529. The van der Waals surface area contributed by atoms with E-state index in [9.17, 15) is 0 Å². The van der Waals surface area contributed by atoms with Gasteiger partial charge in [0.05, 0.1) is 11.4 Å². The lowest BCUT2D eigenvalue weighted by Gasteiger charge is -2.12. The lowest BCUT2D eigenvalue weighted by Crippen LogP contribution is -2.10. The topological polar surface area (TPSA) is 56.5 Å². The van der Waals surface area contributed by atoms with Gasteiger partial charge in [-0.3, -0.25) is 0 Å². The molecular weight excluding hydrogens is 240 g/mol. The molecule has 0 aliphatic carbocycles. The molecule has 0 saturated carbocycles. The van der Waals surface area contributed by atoms with Crippen LogP contribution in [0.2, 0.25) is 0 Å². The first-order valence-electron chi connectivity index (χ1n) is 6.18. The molecule has 0 unspecified atom stereocenters. The first-order valence-corrected chi connectivity index (χ1v) is 6.18. The van der Waals surface area contributed by atoms with E-state index in [1.807, 2.05) is 55.6 Å². The molecule has 0 atom stereocenters. The van der Waals surface area contributed by atoms with Gasteiger partial charge in [0.1, 0.15) is 24.7 Å². The van der Waals surface area contributed by atoms with Gasteiger partial charge in [-0.2, -0.15) is 0 Å². The van der Waals surface area contributed by atoms with E-state index in [1.165, 1.54) is 0 Å². The van der Waals surface area contributed by atoms with Crippen LogP contribution in [-0.4, -0.2) is 20.3 Å². The van der Waals surface area contributed by atoms with E-state index >= 15 is 0 Å². The maximum absolute atomic E-state index is 5.78. The van der Waals surface area contributed by atoms with Crippen LogP contribution in [0.5, 0.6) is 11.5 Å². The molecule has 0 spiro atoms. The molecule has 2 aromatic carbocycles. The van der Waals surface area contributed by atoms with Crippen molar-refractivity contribution in [2.75, 3.05) is 31.3 Å². The highest BCUT2D eigenvalue weighted by molar-refractivity contribution is 5.55. The van der Waals surface area contributed by atoms with Gasteiger partial charge in [0.2, 0.25) is 0 Å². The van der Waals surface area contributed by atoms with Gasteiger partial charge in [-0.05, 0) is 24.3 Å². The van der Waals surface area contributed by atoms with Crippen molar-refractivity contribution in [3.05, 3.63) is 48.5 Å². The Hall–Kier alpha value is -2.36. The summed E-state index contributed by atoms with van der Waals surface area (Å²) >= 11 is 0. The zero-order chi connectivity index (χ0) is 13.5. The number of ether oxygens (including phenoxy) is 2. The Morgan fingerprint density at radius 1 is 0.895 bits per heavy atom. The molecule has 4 nitrogen and oxygen atoms in total. The minimum atomic E-state index is 0.451. The normalized spacial score (nSPS) is 9.95. The van der Waals surface area contributed by atoms with E-state index in [-0.39, 0.29) is 0 Å². The van der Waals surface area contributed by atoms with Crippen LogP contribution in [-0.2, 0) is 0 Å². The highest BCUT2D eigenvalue weighted by atomic mass is 16.5. The summed E-state index contributed by atoms with van der Waals surface area (Å²) < 4.78 is 11.2. The monoisotopic (exact) mass is 258 g/mol. The average molecular weight is 258 g/mol. The molecule has 0 aliphatic heterocycles. The molecule has 100 valence electrons. The molecule has 0 saturated heterocycles. The summed E-state index contributed by atoms with van der Waals surface area (Å²) in [5.41, 5.74) is 7.38. The number of anilines is 2. The van der Waals surface area contributed by atoms with Gasteiger partial charge in [-0.15, -0.1) is 0 Å². The molecular formula is C15H18N2O2. The lowest BCUT2D eigenvalue weighted by atomic mass is 10.3. The molecule has 0 heterocycles. The predicted molar refractivity (Wildman–Crippen MR) is 77.8 cm³/mol. The van der Waals surface area contributed by atoms with Crippen molar-refractivity contribution in [2.24, 2.45) is 0 Å². The number of benzene rings is 2. The van der Waals surface area contributed by atoms with Crippen LogP contribution in [0.3, 0.4) is 0 Å². The second-order valence-electron chi connectivity index (χ2n) is 3.98. The van der Waals surface area contributed by atoms with Crippen LogP contribution in [0.15, 0.2) is 48.5 Å². The largest absolute Gasteiger partial charge is 0.488 e. The van der Waals surface area contributed by atoms with Crippen molar-refractivity contribution in [1.82, 2.24) is 0 Å². The highest BCUT2D eigenvalue weighted by Gasteiger charge is 2.01. The summed E-state index contributed by atoms with van der Waals surface area (Å²) in [6.07, 6.45) is 0. The molecule has 0 bridgehead atoms. The summed E-state index contributed by atoms with van der Waals surface area (Å²) in [6.45, 7) is 0.916. The summed E-state index contributed by atoms with van der Waals surface area (Å²) in [6, 6.07) is 15.2. The van der Waals surface area contributed by atoms with Crippen molar-refractivity contribution in [3.63, 3.8) is 0 Å². The van der Waals surface area contributed by atoms with E-state index < -0.39 is 0 Å². The van der Waals surface area contributed by atoms with Crippen molar-refractivity contribution >= 4 is 11.4 Å². The van der Waals surface area contributed by atoms with E-state index in [0.29, 0.717) is 24.7 Å². The van der Waals surface area contributed by atoms with Gasteiger partial charge in [-0.1, -0.05) is 24.3 Å². The van der Waals surface area contributed by atoms with Crippen molar-refractivity contribution in [3.8, 4) is 11.5 Å². The van der Waals surface area contributed by atoms with Crippen molar-refractivity contribution in [2.45, 2.75) is 0 Å². The molecule has 0 radical (unpaired) electrons. The number of rotatable bonds is 6. The zero-order valence-corrected chi connectivity index (χ0v) is 10.9. The van der Waals surface area contributed by atoms with Gasteiger partial charge in [0, 0.05) is 7.05 Å². The zero-order valence-electron chi connectivity index (χ0n) is 10.9. The molecule has 0 fully saturated rings. The Balaban J connectivity index is 1.83.